The van der Waals surface area contributed by atoms with Gasteiger partial charge in [-0.1, -0.05) is 30.3 Å². The van der Waals surface area contributed by atoms with Gasteiger partial charge in [-0.15, -0.1) is 0 Å². The van der Waals surface area contributed by atoms with Gasteiger partial charge in [-0.25, -0.2) is 28.1 Å². The minimum atomic E-state index is -5.53. The molecule has 0 radical (unpaired) electrons. The van der Waals surface area contributed by atoms with Crippen molar-refractivity contribution in [2.45, 2.75) is 31.0 Å². The minimum Gasteiger partial charge on any atom is -0.387 e. The van der Waals surface area contributed by atoms with Crippen LogP contribution in [0.1, 0.15) is 17.5 Å². The van der Waals surface area contributed by atoms with Gasteiger partial charge in [0.1, 0.15) is 30.5 Å². The molecule has 1 aromatic carbocycles. The summed E-state index contributed by atoms with van der Waals surface area (Å²) in [6.07, 6.45) is -4.64. The lowest BCUT2D eigenvalue weighted by atomic mass is 10.1. The zero-order valence-corrected chi connectivity index (χ0v) is 22.4. The highest BCUT2D eigenvalue weighted by atomic mass is 32.5. The number of nitrogen functional groups attached to an aromatic ring is 1. The van der Waals surface area contributed by atoms with Gasteiger partial charge in [0.25, 0.3) is 0 Å². The predicted molar refractivity (Wildman–Crippen MR) is 131 cm³/mol. The number of fused-ring (bicyclic) bond motifs is 1. The highest BCUT2D eigenvalue weighted by molar-refractivity contribution is 8.08. The number of anilines is 1. The molecule has 1 fully saturated rings. The smallest absolute Gasteiger partial charge is 0.387 e. The van der Waals surface area contributed by atoms with Gasteiger partial charge in [0.2, 0.25) is 0 Å². The van der Waals surface area contributed by atoms with E-state index in [2.05, 4.69) is 40.0 Å². The van der Waals surface area contributed by atoms with E-state index in [9.17, 15) is 29.1 Å². The van der Waals surface area contributed by atoms with E-state index in [1.54, 1.807) is 0 Å². The maximum absolute atomic E-state index is 12.1. The van der Waals surface area contributed by atoms with Crippen LogP contribution in [0.25, 0.3) is 11.0 Å². The van der Waals surface area contributed by atoms with E-state index in [-0.39, 0.29) is 11.5 Å². The molecule has 1 aliphatic rings. The Morgan fingerprint density at radius 2 is 1.71 bits per heavy atom. The number of ether oxygens (including phenoxy) is 1. The number of rotatable bonds is 10. The highest BCUT2D eigenvalue weighted by Crippen LogP contribution is 2.66. The molecular weight excluding hydrogens is 591 g/mol. The molecule has 2 aromatic heterocycles. The largest absolute Gasteiger partial charge is 0.488 e. The fraction of sp³-hybridized carbons (Fsp3) is 0.353. The van der Waals surface area contributed by atoms with Gasteiger partial charge in [-0.2, -0.15) is 9.41 Å². The van der Waals surface area contributed by atoms with E-state index in [1.807, 2.05) is 30.3 Å². The van der Waals surface area contributed by atoms with Crippen molar-refractivity contribution in [3.8, 4) is 0 Å². The fourth-order valence-corrected chi connectivity index (χ4v) is 7.49. The standard InChI is InChI=1S/C17H22N5O12P3S/c18-15-12-10(6-9-4-2-1-3-5-9)21-22(16(12)20-8-19-15)17-14(24)13(23)11(32-17)7-31-35(25,26)33-36(27,28)34-37(29,30)38/h1-5,8,11,13-14,17,23-24H,6-7H2,(H,25,26)(H,27,28)(H2,18,19,20)(H2,29,30,38)/t11-,13+,14-,17-/m1/s1. The van der Waals surface area contributed by atoms with E-state index < -0.39 is 53.5 Å². The van der Waals surface area contributed by atoms with Crippen molar-refractivity contribution in [3.63, 3.8) is 0 Å². The third-order valence-electron chi connectivity index (χ3n) is 5.20. The molecular formula is C17H22N5O12P3S. The average molecular weight is 613 g/mol. The first-order valence-corrected chi connectivity index (χ1v) is 16.1. The Labute approximate surface area is 218 Å². The summed E-state index contributed by atoms with van der Waals surface area (Å²) in [7, 11) is -10.9. The Kier molecular flexibility index (Phi) is 8.50. The number of hydrogen-bond acceptors (Lipinski definition) is 13. The van der Waals surface area contributed by atoms with Gasteiger partial charge in [0, 0.05) is 6.42 Å². The number of phosphoric ester groups is 1. The molecule has 3 aromatic rings. The van der Waals surface area contributed by atoms with Crippen molar-refractivity contribution in [1.82, 2.24) is 19.7 Å². The molecule has 4 rings (SSSR count). The summed E-state index contributed by atoms with van der Waals surface area (Å²) in [5, 5.41) is 26.0. The molecule has 208 valence electrons. The molecule has 8 N–H and O–H groups in total. The maximum atomic E-state index is 12.1. The molecule has 0 aliphatic carbocycles. The van der Waals surface area contributed by atoms with E-state index >= 15 is 0 Å². The molecule has 6 atom stereocenters. The van der Waals surface area contributed by atoms with Gasteiger partial charge in [0.05, 0.1) is 17.7 Å². The summed E-state index contributed by atoms with van der Waals surface area (Å²) in [6, 6.07) is 9.26. The van der Waals surface area contributed by atoms with Crippen LogP contribution in [0.15, 0.2) is 36.7 Å². The molecule has 38 heavy (non-hydrogen) atoms. The quantitative estimate of drug-likeness (QED) is 0.149. The topological polar surface area (TPSA) is 262 Å². The van der Waals surface area contributed by atoms with E-state index in [4.69, 9.17) is 20.3 Å². The summed E-state index contributed by atoms with van der Waals surface area (Å²) in [5.41, 5.74) is 7.58. The minimum absolute atomic E-state index is 0.116. The lowest BCUT2D eigenvalue weighted by molar-refractivity contribution is -0.0559. The van der Waals surface area contributed by atoms with Gasteiger partial charge in [0.15, 0.2) is 11.9 Å². The Morgan fingerprint density at radius 3 is 2.37 bits per heavy atom. The van der Waals surface area contributed by atoms with Crippen LogP contribution >= 0.6 is 22.4 Å². The summed E-state index contributed by atoms with van der Waals surface area (Å²) >= 11 is 4.01. The van der Waals surface area contributed by atoms with Crippen molar-refractivity contribution >= 4 is 51.0 Å². The second kappa shape index (κ2) is 11.0. The number of aromatic nitrogens is 4. The average Bonchev–Trinajstić information content (AvgIpc) is 3.29. The summed E-state index contributed by atoms with van der Waals surface area (Å²) < 4.78 is 42.8. The normalized spacial score (nSPS) is 25.3. The monoisotopic (exact) mass is 613 g/mol. The number of hydrogen-bond donors (Lipinski definition) is 7. The fourth-order valence-electron chi connectivity index (χ4n) is 3.70. The van der Waals surface area contributed by atoms with Gasteiger partial charge in [-0.3, -0.25) is 4.52 Å². The molecule has 21 heteroatoms. The molecule has 0 amide bonds. The SMILES string of the molecule is Nc1ncnc2c1c(Cc1ccccc1)nn2[C@@H]1O[C@H](COP(=O)(O)OP(=O)(O)OP(O)(O)=S)[C@H](O)[C@H]1O. The molecule has 0 spiro atoms. The van der Waals surface area contributed by atoms with Crippen LogP contribution < -0.4 is 5.73 Å². The first kappa shape index (κ1) is 29.3. The predicted octanol–water partition coefficient (Wildman–Crippen LogP) is 0.0782. The maximum Gasteiger partial charge on any atom is 0.488 e. The Balaban J connectivity index is 1.53. The van der Waals surface area contributed by atoms with Crippen molar-refractivity contribution in [3.05, 3.63) is 47.9 Å². The van der Waals surface area contributed by atoms with E-state index in [0.717, 1.165) is 5.56 Å². The third kappa shape index (κ3) is 6.88. The van der Waals surface area contributed by atoms with Crippen LogP contribution in [0.3, 0.4) is 0 Å². The molecule has 0 bridgehead atoms. The number of aliphatic hydroxyl groups is 2. The van der Waals surface area contributed by atoms with Gasteiger partial charge >= 0.3 is 22.4 Å². The van der Waals surface area contributed by atoms with Crippen LogP contribution in [0.5, 0.6) is 0 Å². The zero-order chi connectivity index (χ0) is 27.9. The van der Waals surface area contributed by atoms with Crippen molar-refractivity contribution in [2.24, 2.45) is 0 Å². The summed E-state index contributed by atoms with van der Waals surface area (Å²) in [5.74, 6) is 0.116. The first-order valence-electron chi connectivity index (χ1n) is 10.5. The molecule has 1 aliphatic heterocycles. The lowest BCUT2D eigenvalue weighted by Crippen LogP contribution is -2.33. The highest BCUT2D eigenvalue weighted by Gasteiger charge is 2.47. The summed E-state index contributed by atoms with van der Waals surface area (Å²) in [6.45, 7) is -5.67. The van der Waals surface area contributed by atoms with E-state index in [1.165, 1.54) is 11.0 Å². The summed E-state index contributed by atoms with van der Waals surface area (Å²) in [4.78, 5) is 45.2. The Hall–Kier alpha value is -1.72. The van der Waals surface area contributed by atoms with Crippen molar-refractivity contribution in [2.75, 3.05) is 12.3 Å². The van der Waals surface area contributed by atoms with Crippen LogP contribution in [-0.4, -0.2) is 74.5 Å². The number of phosphoric acid groups is 2. The van der Waals surface area contributed by atoms with Crippen LogP contribution in [0.2, 0.25) is 0 Å². The van der Waals surface area contributed by atoms with Crippen molar-refractivity contribution < 1.29 is 56.8 Å². The van der Waals surface area contributed by atoms with Crippen molar-refractivity contribution in [1.29, 1.82) is 0 Å². The first-order chi connectivity index (χ1) is 17.7. The molecule has 1 saturated heterocycles. The Morgan fingerprint density at radius 1 is 1.03 bits per heavy atom. The zero-order valence-electron chi connectivity index (χ0n) is 18.9. The molecule has 0 saturated carbocycles. The number of nitrogens with zero attached hydrogens (tertiary/aromatic N) is 4. The number of benzene rings is 1. The Bertz CT molecular complexity index is 1460. The lowest BCUT2D eigenvalue weighted by Gasteiger charge is -2.19. The number of aliphatic hydroxyl groups excluding tert-OH is 2. The van der Waals surface area contributed by atoms with Crippen LogP contribution in [0, 0.1) is 0 Å². The van der Waals surface area contributed by atoms with Crippen LogP contribution in [-0.2, 0) is 45.2 Å². The molecule has 17 nitrogen and oxygen atoms in total. The third-order valence-corrected chi connectivity index (χ3v) is 9.60. The molecule has 3 heterocycles. The van der Waals surface area contributed by atoms with Gasteiger partial charge in [-0.05, 0) is 17.4 Å². The van der Waals surface area contributed by atoms with Crippen LogP contribution in [0.4, 0.5) is 5.82 Å². The second-order valence-electron chi connectivity index (χ2n) is 7.94. The number of nitrogens with two attached hydrogens (primary N) is 1. The second-order valence-corrected chi connectivity index (χ2v) is 13.8. The van der Waals surface area contributed by atoms with Gasteiger partial charge < -0.3 is 40.3 Å². The van der Waals surface area contributed by atoms with E-state index in [0.29, 0.717) is 17.5 Å². The molecule has 2 unspecified atom stereocenters.